The van der Waals surface area contributed by atoms with Crippen molar-refractivity contribution in [1.29, 1.82) is 0 Å². The number of piperazine rings is 1. The third-order valence-corrected chi connectivity index (χ3v) is 6.80. The van der Waals surface area contributed by atoms with Crippen LogP contribution in [-0.2, 0) is 11.2 Å². The molecule has 32 heavy (non-hydrogen) atoms. The van der Waals surface area contributed by atoms with Gasteiger partial charge in [-0.05, 0) is 43.0 Å². The maximum atomic E-state index is 13.0. The molecule has 0 spiro atoms. The van der Waals surface area contributed by atoms with Crippen molar-refractivity contribution in [3.8, 4) is 5.75 Å². The van der Waals surface area contributed by atoms with Crippen molar-refractivity contribution in [3.63, 3.8) is 0 Å². The summed E-state index contributed by atoms with van der Waals surface area (Å²) in [5.41, 5.74) is 2.33. The molecular formula is C26H36N4O2. The van der Waals surface area contributed by atoms with Gasteiger partial charge < -0.3 is 15.0 Å². The van der Waals surface area contributed by atoms with Crippen molar-refractivity contribution in [3.05, 3.63) is 54.4 Å². The fraction of sp³-hybridized carbons (Fsp3) is 0.538. The van der Waals surface area contributed by atoms with Gasteiger partial charge in [0, 0.05) is 57.1 Å². The zero-order valence-electron chi connectivity index (χ0n) is 19.2. The van der Waals surface area contributed by atoms with E-state index in [1.165, 1.54) is 24.8 Å². The van der Waals surface area contributed by atoms with Gasteiger partial charge in [0.2, 0.25) is 5.91 Å². The number of para-hydroxylation sites is 2. The lowest BCUT2D eigenvalue weighted by Crippen LogP contribution is -2.53. The Morgan fingerprint density at radius 2 is 1.88 bits per heavy atom. The monoisotopic (exact) mass is 436 g/mol. The summed E-state index contributed by atoms with van der Waals surface area (Å²) in [6.07, 6.45) is 10.2. The average Bonchev–Trinajstić information content (AvgIpc) is 2.85. The smallest absolute Gasteiger partial charge is 0.223 e. The summed E-state index contributed by atoms with van der Waals surface area (Å²) < 4.78 is 5.55. The van der Waals surface area contributed by atoms with Crippen LogP contribution in [0.5, 0.6) is 5.75 Å². The predicted octanol–water partition coefficient (Wildman–Crippen LogP) is 3.52. The van der Waals surface area contributed by atoms with Gasteiger partial charge in [-0.3, -0.25) is 14.7 Å². The Morgan fingerprint density at radius 1 is 1.09 bits per heavy atom. The van der Waals surface area contributed by atoms with Gasteiger partial charge in [-0.1, -0.05) is 37.5 Å². The van der Waals surface area contributed by atoms with Crippen LogP contribution in [-0.4, -0.2) is 61.7 Å². The lowest BCUT2D eigenvalue weighted by atomic mass is 9.88. The topological polar surface area (TPSA) is 57.7 Å². The minimum atomic E-state index is 0.103. The number of carbonyl (C=O) groups is 1. The standard InChI is InChI=1S/C26H36N4O2/c1-32-25-12-6-5-11-24(25)30-16-14-29(15-17-30)20-23(18-21-8-7-13-27-19-21)28-26(31)22-9-3-2-4-10-22/h5-8,11-13,19,22-23H,2-4,9-10,14-18,20H2,1H3,(H,28,31). The van der Waals surface area contributed by atoms with Crippen LogP contribution in [0, 0.1) is 5.92 Å². The Hall–Kier alpha value is -2.60. The highest BCUT2D eigenvalue weighted by Crippen LogP contribution is 2.28. The molecule has 2 aliphatic rings. The quantitative estimate of drug-likeness (QED) is 0.686. The van der Waals surface area contributed by atoms with Crippen LogP contribution in [0.3, 0.4) is 0 Å². The van der Waals surface area contributed by atoms with E-state index in [1.54, 1.807) is 13.3 Å². The van der Waals surface area contributed by atoms with Crippen LogP contribution in [0.2, 0.25) is 0 Å². The number of rotatable bonds is 8. The van der Waals surface area contributed by atoms with Crippen LogP contribution < -0.4 is 15.0 Å². The van der Waals surface area contributed by atoms with Crippen LogP contribution in [0.15, 0.2) is 48.8 Å². The van der Waals surface area contributed by atoms with Gasteiger partial charge in [-0.15, -0.1) is 0 Å². The van der Waals surface area contributed by atoms with Gasteiger partial charge in [-0.25, -0.2) is 0 Å². The minimum absolute atomic E-state index is 0.103. The molecule has 0 bridgehead atoms. The maximum absolute atomic E-state index is 13.0. The molecule has 1 N–H and O–H groups in total. The number of benzene rings is 1. The van der Waals surface area contributed by atoms with Crippen LogP contribution in [0.4, 0.5) is 5.69 Å². The number of hydrogen-bond acceptors (Lipinski definition) is 5. The average molecular weight is 437 g/mol. The molecule has 2 heterocycles. The number of aromatic nitrogens is 1. The number of methoxy groups -OCH3 is 1. The molecule has 1 unspecified atom stereocenters. The fourth-order valence-corrected chi connectivity index (χ4v) is 5.02. The zero-order chi connectivity index (χ0) is 22.2. The Labute approximate surface area is 192 Å². The second-order valence-electron chi connectivity index (χ2n) is 9.07. The summed E-state index contributed by atoms with van der Waals surface area (Å²) >= 11 is 0. The first-order valence-corrected chi connectivity index (χ1v) is 12.0. The molecule has 1 aromatic carbocycles. The summed E-state index contributed by atoms with van der Waals surface area (Å²) in [7, 11) is 1.73. The molecule has 2 fully saturated rings. The molecule has 1 atom stereocenters. The predicted molar refractivity (Wildman–Crippen MR) is 128 cm³/mol. The maximum Gasteiger partial charge on any atom is 0.223 e. The third-order valence-electron chi connectivity index (χ3n) is 6.80. The molecule has 172 valence electrons. The van der Waals surface area contributed by atoms with Gasteiger partial charge >= 0.3 is 0 Å². The Balaban J connectivity index is 1.36. The second-order valence-corrected chi connectivity index (χ2v) is 9.07. The second kappa shape index (κ2) is 11.3. The lowest BCUT2D eigenvalue weighted by Gasteiger charge is -2.38. The molecule has 1 aliphatic carbocycles. The first kappa shape index (κ1) is 22.6. The highest BCUT2D eigenvalue weighted by Gasteiger charge is 2.26. The van der Waals surface area contributed by atoms with E-state index in [1.807, 2.05) is 24.4 Å². The summed E-state index contributed by atoms with van der Waals surface area (Å²) in [6, 6.07) is 12.4. The summed E-state index contributed by atoms with van der Waals surface area (Å²) in [4.78, 5) is 22.1. The highest BCUT2D eigenvalue weighted by molar-refractivity contribution is 5.79. The fourth-order valence-electron chi connectivity index (χ4n) is 5.02. The van der Waals surface area contributed by atoms with Crippen molar-refractivity contribution < 1.29 is 9.53 Å². The van der Waals surface area contributed by atoms with Crippen molar-refractivity contribution in [2.45, 2.75) is 44.6 Å². The molecule has 1 amide bonds. The Morgan fingerprint density at radius 3 is 2.59 bits per heavy atom. The van der Waals surface area contributed by atoms with E-state index in [0.29, 0.717) is 0 Å². The number of nitrogens with one attached hydrogen (secondary N) is 1. The Kier molecular flexibility index (Phi) is 7.99. The van der Waals surface area contributed by atoms with Gasteiger partial charge in [0.05, 0.1) is 12.8 Å². The molecule has 0 radical (unpaired) electrons. The van der Waals surface area contributed by atoms with E-state index < -0.39 is 0 Å². The first-order valence-electron chi connectivity index (χ1n) is 12.0. The zero-order valence-corrected chi connectivity index (χ0v) is 19.2. The summed E-state index contributed by atoms with van der Waals surface area (Å²) in [6.45, 7) is 4.72. The van der Waals surface area contributed by atoms with E-state index in [-0.39, 0.29) is 17.9 Å². The van der Waals surface area contributed by atoms with Crippen molar-refractivity contribution in [2.75, 3.05) is 44.7 Å². The first-order chi connectivity index (χ1) is 15.7. The van der Waals surface area contributed by atoms with Crippen LogP contribution in [0.1, 0.15) is 37.7 Å². The molecule has 1 saturated carbocycles. The summed E-state index contributed by atoms with van der Waals surface area (Å²) in [5, 5.41) is 3.40. The van der Waals surface area contributed by atoms with Gasteiger partial charge in [0.1, 0.15) is 5.75 Å². The number of nitrogens with zero attached hydrogens (tertiary/aromatic N) is 3. The van der Waals surface area contributed by atoms with E-state index in [0.717, 1.165) is 63.4 Å². The molecule has 2 aromatic rings. The van der Waals surface area contributed by atoms with Gasteiger partial charge in [0.25, 0.3) is 0 Å². The number of carbonyl (C=O) groups excluding carboxylic acids is 1. The van der Waals surface area contributed by atoms with Crippen LogP contribution >= 0.6 is 0 Å². The van der Waals surface area contributed by atoms with E-state index >= 15 is 0 Å². The number of pyridine rings is 1. The normalized spacial score (nSPS) is 18.8. The number of amides is 1. The molecule has 1 saturated heterocycles. The molecule has 1 aromatic heterocycles. The molecular weight excluding hydrogens is 400 g/mol. The molecule has 4 rings (SSSR count). The van der Waals surface area contributed by atoms with Crippen LogP contribution in [0.25, 0.3) is 0 Å². The largest absolute Gasteiger partial charge is 0.495 e. The minimum Gasteiger partial charge on any atom is -0.495 e. The lowest BCUT2D eigenvalue weighted by molar-refractivity contribution is -0.126. The van der Waals surface area contributed by atoms with Gasteiger partial charge in [0.15, 0.2) is 0 Å². The number of anilines is 1. The highest BCUT2D eigenvalue weighted by atomic mass is 16.5. The van der Waals surface area contributed by atoms with Crippen molar-refractivity contribution >= 4 is 11.6 Å². The van der Waals surface area contributed by atoms with E-state index in [9.17, 15) is 4.79 Å². The SMILES string of the molecule is COc1ccccc1N1CCN(CC(Cc2cccnc2)NC(=O)C2CCCCC2)CC1. The molecule has 6 nitrogen and oxygen atoms in total. The Bertz CT molecular complexity index is 846. The van der Waals surface area contributed by atoms with Gasteiger partial charge in [-0.2, -0.15) is 0 Å². The van der Waals surface area contributed by atoms with Crippen molar-refractivity contribution in [1.82, 2.24) is 15.2 Å². The van der Waals surface area contributed by atoms with E-state index in [2.05, 4.69) is 38.3 Å². The molecule has 1 aliphatic heterocycles. The molecule has 6 heteroatoms. The number of ether oxygens (including phenoxy) is 1. The third kappa shape index (κ3) is 6.00. The number of hydrogen-bond donors (Lipinski definition) is 1. The van der Waals surface area contributed by atoms with Crippen molar-refractivity contribution in [2.24, 2.45) is 5.92 Å². The van der Waals surface area contributed by atoms with E-state index in [4.69, 9.17) is 4.74 Å². The summed E-state index contributed by atoms with van der Waals surface area (Å²) in [5.74, 6) is 1.35.